The fourth-order valence-corrected chi connectivity index (χ4v) is 2.92. The molecule has 0 bridgehead atoms. The van der Waals surface area contributed by atoms with Crippen molar-refractivity contribution in [1.29, 1.82) is 0 Å². The van der Waals surface area contributed by atoms with E-state index >= 15 is 0 Å². The van der Waals surface area contributed by atoms with Crippen LogP contribution in [0.5, 0.6) is 0 Å². The van der Waals surface area contributed by atoms with E-state index in [9.17, 15) is 5.11 Å². The van der Waals surface area contributed by atoms with Crippen molar-refractivity contribution in [2.24, 2.45) is 0 Å². The number of benzene rings is 1. The topological polar surface area (TPSA) is 45.4 Å². The minimum atomic E-state index is -0.222. The van der Waals surface area contributed by atoms with Gasteiger partial charge in [0.1, 0.15) is 11.3 Å². The first-order chi connectivity index (χ1) is 9.24. The van der Waals surface area contributed by atoms with Crippen LogP contribution in [0, 0.1) is 0 Å². The monoisotopic (exact) mass is 259 g/mol. The van der Waals surface area contributed by atoms with E-state index in [2.05, 4.69) is 24.4 Å². The number of para-hydroxylation sites is 1. The fourth-order valence-electron chi connectivity index (χ4n) is 2.92. The van der Waals surface area contributed by atoms with Crippen molar-refractivity contribution in [3.05, 3.63) is 36.1 Å². The van der Waals surface area contributed by atoms with Gasteiger partial charge in [-0.1, -0.05) is 31.0 Å². The Labute approximate surface area is 113 Å². The van der Waals surface area contributed by atoms with Crippen molar-refractivity contribution in [2.75, 3.05) is 0 Å². The summed E-state index contributed by atoms with van der Waals surface area (Å²) in [6, 6.07) is 10.5. The highest BCUT2D eigenvalue weighted by Crippen LogP contribution is 2.26. The summed E-state index contributed by atoms with van der Waals surface area (Å²) in [7, 11) is 0. The molecule has 0 aliphatic heterocycles. The van der Waals surface area contributed by atoms with Crippen molar-refractivity contribution in [3.63, 3.8) is 0 Å². The molecule has 1 aromatic heterocycles. The van der Waals surface area contributed by atoms with Crippen molar-refractivity contribution in [3.8, 4) is 0 Å². The van der Waals surface area contributed by atoms with Gasteiger partial charge in [0.05, 0.1) is 12.1 Å². The van der Waals surface area contributed by atoms with E-state index in [1.807, 2.05) is 18.2 Å². The third-order valence-corrected chi connectivity index (χ3v) is 4.06. The maximum atomic E-state index is 10.0. The standard InChI is InChI=1S/C16H21NO2/c1-11(17-13-7-3-4-8-14(13)18)16-10-12-6-2-5-9-15(12)19-16/h2,5-6,9-11,13-14,17-18H,3-4,7-8H2,1H3. The van der Waals surface area contributed by atoms with Gasteiger partial charge in [-0.2, -0.15) is 0 Å². The van der Waals surface area contributed by atoms with Gasteiger partial charge >= 0.3 is 0 Å². The van der Waals surface area contributed by atoms with Crippen LogP contribution in [0.1, 0.15) is 44.4 Å². The summed E-state index contributed by atoms with van der Waals surface area (Å²) in [5, 5.41) is 14.6. The molecule has 0 radical (unpaired) electrons. The molecular formula is C16H21NO2. The van der Waals surface area contributed by atoms with Crippen LogP contribution in [0.25, 0.3) is 11.0 Å². The zero-order valence-corrected chi connectivity index (χ0v) is 11.3. The van der Waals surface area contributed by atoms with Crippen molar-refractivity contribution in [2.45, 2.75) is 50.8 Å². The van der Waals surface area contributed by atoms with Gasteiger partial charge in [0.15, 0.2) is 0 Å². The smallest absolute Gasteiger partial charge is 0.134 e. The first-order valence-electron chi connectivity index (χ1n) is 7.16. The summed E-state index contributed by atoms with van der Waals surface area (Å²) < 4.78 is 5.86. The number of hydrogen-bond acceptors (Lipinski definition) is 3. The van der Waals surface area contributed by atoms with Crippen molar-refractivity contribution in [1.82, 2.24) is 5.32 Å². The molecule has 1 fully saturated rings. The number of nitrogens with one attached hydrogen (secondary N) is 1. The molecule has 1 aliphatic rings. The van der Waals surface area contributed by atoms with Gasteiger partial charge in [-0.25, -0.2) is 0 Å². The van der Waals surface area contributed by atoms with Crippen LogP contribution in [0.15, 0.2) is 34.7 Å². The zero-order chi connectivity index (χ0) is 13.2. The lowest BCUT2D eigenvalue weighted by Crippen LogP contribution is -2.43. The highest BCUT2D eigenvalue weighted by molar-refractivity contribution is 5.77. The second kappa shape index (κ2) is 5.35. The highest BCUT2D eigenvalue weighted by atomic mass is 16.3. The lowest BCUT2D eigenvalue weighted by molar-refractivity contribution is 0.0846. The molecule has 19 heavy (non-hydrogen) atoms. The second-order valence-electron chi connectivity index (χ2n) is 5.53. The predicted octanol–water partition coefficient (Wildman–Crippen LogP) is 3.39. The van der Waals surface area contributed by atoms with E-state index in [0.717, 1.165) is 36.0 Å². The summed E-state index contributed by atoms with van der Waals surface area (Å²) in [4.78, 5) is 0. The summed E-state index contributed by atoms with van der Waals surface area (Å²) in [6.45, 7) is 2.10. The molecule has 3 atom stereocenters. The Hall–Kier alpha value is -1.32. The minimum absolute atomic E-state index is 0.130. The molecule has 3 rings (SSSR count). The van der Waals surface area contributed by atoms with Gasteiger partial charge in [-0.05, 0) is 31.9 Å². The molecule has 0 amide bonds. The van der Waals surface area contributed by atoms with Gasteiger partial charge in [0.2, 0.25) is 0 Å². The number of fused-ring (bicyclic) bond motifs is 1. The molecule has 1 saturated carbocycles. The Morgan fingerprint density at radius 2 is 2.05 bits per heavy atom. The van der Waals surface area contributed by atoms with Crippen LogP contribution in [0.4, 0.5) is 0 Å². The fraction of sp³-hybridized carbons (Fsp3) is 0.500. The number of aliphatic hydroxyl groups excluding tert-OH is 1. The molecule has 1 aliphatic carbocycles. The molecule has 0 spiro atoms. The second-order valence-corrected chi connectivity index (χ2v) is 5.53. The Balaban J connectivity index is 1.74. The third-order valence-electron chi connectivity index (χ3n) is 4.06. The summed E-state index contributed by atoms with van der Waals surface area (Å²) in [5.74, 6) is 0.943. The number of furan rings is 1. The molecule has 102 valence electrons. The van der Waals surface area contributed by atoms with E-state index in [0.29, 0.717) is 0 Å². The third kappa shape index (κ3) is 2.67. The highest BCUT2D eigenvalue weighted by Gasteiger charge is 2.25. The van der Waals surface area contributed by atoms with E-state index in [1.54, 1.807) is 0 Å². The lowest BCUT2D eigenvalue weighted by Gasteiger charge is -2.30. The van der Waals surface area contributed by atoms with Crippen LogP contribution in [0.2, 0.25) is 0 Å². The van der Waals surface area contributed by atoms with Gasteiger partial charge < -0.3 is 14.8 Å². The normalized spacial score (nSPS) is 25.6. The van der Waals surface area contributed by atoms with Gasteiger partial charge in [0.25, 0.3) is 0 Å². The Kier molecular flexibility index (Phi) is 3.58. The van der Waals surface area contributed by atoms with E-state index in [4.69, 9.17) is 4.42 Å². The van der Waals surface area contributed by atoms with Gasteiger partial charge in [0, 0.05) is 11.4 Å². The molecule has 3 nitrogen and oxygen atoms in total. The molecular weight excluding hydrogens is 238 g/mol. The van der Waals surface area contributed by atoms with E-state index in [-0.39, 0.29) is 18.2 Å². The number of aliphatic hydroxyl groups is 1. The van der Waals surface area contributed by atoms with Crippen LogP contribution in [-0.2, 0) is 0 Å². The maximum Gasteiger partial charge on any atom is 0.134 e. The first kappa shape index (κ1) is 12.7. The average Bonchev–Trinajstić information content (AvgIpc) is 2.85. The first-order valence-corrected chi connectivity index (χ1v) is 7.16. The van der Waals surface area contributed by atoms with Crippen LogP contribution in [0.3, 0.4) is 0 Å². The van der Waals surface area contributed by atoms with Gasteiger partial charge in [-0.3, -0.25) is 0 Å². The molecule has 2 N–H and O–H groups in total. The molecule has 1 aromatic carbocycles. The van der Waals surface area contributed by atoms with E-state index < -0.39 is 0 Å². The molecule has 2 aromatic rings. The summed E-state index contributed by atoms with van der Waals surface area (Å²) >= 11 is 0. The van der Waals surface area contributed by atoms with Crippen LogP contribution >= 0.6 is 0 Å². The SMILES string of the molecule is CC(NC1CCCCC1O)c1cc2ccccc2o1. The lowest BCUT2D eigenvalue weighted by atomic mass is 9.92. The molecule has 3 heteroatoms. The summed E-state index contributed by atoms with van der Waals surface area (Å²) in [6.07, 6.45) is 4.07. The molecule has 3 unspecified atom stereocenters. The number of hydrogen-bond donors (Lipinski definition) is 2. The van der Waals surface area contributed by atoms with Crippen LogP contribution < -0.4 is 5.32 Å². The Bertz CT molecular complexity index is 515. The van der Waals surface area contributed by atoms with E-state index in [1.165, 1.54) is 6.42 Å². The zero-order valence-electron chi connectivity index (χ0n) is 11.3. The van der Waals surface area contributed by atoms with Crippen molar-refractivity contribution < 1.29 is 9.52 Å². The van der Waals surface area contributed by atoms with Crippen molar-refractivity contribution >= 4 is 11.0 Å². The van der Waals surface area contributed by atoms with Crippen LogP contribution in [-0.4, -0.2) is 17.3 Å². The minimum Gasteiger partial charge on any atom is -0.459 e. The Morgan fingerprint density at radius 3 is 2.84 bits per heavy atom. The quantitative estimate of drug-likeness (QED) is 0.888. The molecule has 1 heterocycles. The maximum absolute atomic E-state index is 10.0. The molecule has 0 saturated heterocycles. The average molecular weight is 259 g/mol. The largest absolute Gasteiger partial charge is 0.459 e. The Morgan fingerprint density at radius 1 is 1.26 bits per heavy atom. The predicted molar refractivity (Wildman–Crippen MR) is 76.0 cm³/mol. The summed E-state index contributed by atoms with van der Waals surface area (Å²) in [5.41, 5.74) is 0.926. The van der Waals surface area contributed by atoms with Gasteiger partial charge in [-0.15, -0.1) is 0 Å². The number of rotatable bonds is 3.